The molecule has 25 heavy (non-hydrogen) atoms. The predicted octanol–water partition coefficient (Wildman–Crippen LogP) is 1.93. The molecule has 0 spiro atoms. The van der Waals surface area contributed by atoms with E-state index in [1.54, 1.807) is 18.6 Å². The average molecular weight is 345 g/mol. The largest absolute Gasteiger partial charge is 0.497 e. The fraction of sp³-hybridized carbons (Fsp3) is 0.471. The maximum Gasteiger partial charge on any atom is 0.342 e. The van der Waals surface area contributed by atoms with Gasteiger partial charge < -0.3 is 19.8 Å². The lowest BCUT2D eigenvalue weighted by molar-refractivity contribution is -0.392. The molecule has 2 aromatic rings. The molecule has 0 unspecified atom stereocenters. The Kier molecular flexibility index (Phi) is 5.18. The smallest absolute Gasteiger partial charge is 0.342 e. The zero-order valence-corrected chi connectivity index (χ0v) is 14.6. The van der Waals surface area contributed by atoms with Gasteiger partial charge in [0.25, 0.3) is 0 Å². The highest BCUT2D eigenvalue weighted by molar-refractivity contribution is 5.49. The monoisotopic (exact) mass is 345 g/mol. The molecule has 1 aliphatic rings. The zero-order valence-electron chi connectivity index (χ0n) is 14.6. The van der Waals surface area contributed by atoms with E-state index < -0.39 is 0 Å². The number of hydrogen-bond acceptors (Lipinski definition) is 6. The number of nitrogens with zero attached hydrogens (tertiary/aromatic N) is 5. The molecule has 2 heterocycles. The van der Waals surface area contributed by atoms with Crippen molar-refractivity contribution in [3.63, 3.8) is 0 Å². The Morgan fingerprint density at radius 2 is 1.84 bits per heavy atom. The van der Waals surface area contributed by atoms with Crippen LogP contribution in [0, 0.1) is 17.0 Å². The molecule has 0 aliphatic carbocycles. The third-order valence-corrected chi connectivity index (χ3v) is 4.67. The summed E-state index contributed by atoms with van der Waals surface area (Å²) in [7, 11) is 1.67. The molecule has 0 saturated carbocycles. The van der Waals surface area contributed by atoms with Crippen molar-refractivity contribution in [3.8, 4) is 5.75 Å². The Morgan fingerprint density at radius 3 is 2.44 bits per heavy atom. The van der Waals surface area contributed by atoms with E-state index >= 15 is 0 Å². The summed E-state index contributed by atoms with van der Waals surface area (Å²) in [6.45, 7) is 6.93. The summed E-state index contributed by atoms with van der Waals surface area (Å²) in [6.07, 6.45) is 1.33. The van der Waals surface area contributed by atoms with Gasteiger partial charge in [-0.1, -0.05) is 0 Å². The Bertz CT molecular complexity index is 720. The first-order valence-electron chi connectivity index (χ1n) is 8.36. The van der Waals surface area contributed by atoms with Gasteiger partial charge in [-0.2, -0.15) is 0 Å². The number of hydrogen-bond donors (Lipinski definition) is 0. The minimum atomic E-state index is -0.373. The first-order valence-corrected chi connectivity index (χ1v) is 8.36. The van der Waals surface area contributed by atoms with Crippen LogP contribution in [0.3, 0.4) is 0 Å². The fourth-order valence-corrected chi connectivity index (χ4v) is 3.14. The normalized spacial score (nSPS) is 15.4. The number of aromatic nitrogens is 2. The van der Waals surface area contributed by atoms with Crippen LogP contribution in [0.1, 0.15) is 5.82 Å². The number of benzene rings is 1. The summed E-state index contributed by atoms with van der Waals surface area (Å²) < 4.78 is 6.87. The molecule has 1 aromatic heterocycles. The van der Waals surface area contributed by atoms with E-state index in [1.807, 2.05) is 12.1 Å². The highest BCUT2D eigenvalue weighted by Crippen LogP contribution is 2.20. The Hall–Kier alpha value is -2.61. The number of nitro groups is 1. The summed E-state index contributed by atoms with van der Waals surface area (Å²) in [6, 6.07) is 8.10. The Balaban J connectivity index is 1.53. The Morgan fingerprint density at radius 1 is 1.16 bits per heavy atom. The molecule has 8 heteroatoms. The lowest BCUT2D eigenvalue weighted by Crippen LogP contribution is -2.47. The van der Waals surface area contributed by atoms with Gasteiger partial charge in [0.1, 0.15) is 18.5 Å². The van der Waals surface area contributed by atoms with Crippen molar-refractivity contribution in [2.24, 2.45) is 0 Å². The lowest BCUT2D eigenvalue weighted by atomic mass is 10.2. The number of imidazole rings is 1. The maximum absolute atomic E-state index is 11.0. The van der Waals surface area contributed by atoms with Gasteiger partial charge in [0, 0.05) is 45.3 Å². The minimum Gasteiger partial charge on any atom is -0.497 e. The molecule has 0 radical (unpaired) electrons. The predicted molar refractivity (Wildman–Crippen MR) is 95.3 cm³/mol. The molecule has 1 fully saturated rings. The quantitative estimate of drug-likeness (QED) is 0.588. The molecule has 1 aliphatic heterocycles. The van der Waals surface area contributed by atoms with Crippen LogP contribution in [0.15, 0.2) is 30.5 Å². The van der Waals surface area contributed by atoms with Crippen molar-refractivity contribution in [3.05, 3.63) is 46.4 Å². The molecule has 8 nitrogen and oxygen atoms in total. The summed E-state index contributed by atoms with van der Waals surface area (Å²) in [5.74, 6) is 1.61. The van der Waals surface area contributed by atoms with Crippen LogP contribution in [-0.2, 0) is 6.54 Å². The van der Waals surface area contributed by atoms with Crippen LogP contribution >= 0.6 is 0 Å². The van der Waals surface area contributed by atoms with Crippen LogP contribution in [0.2, 0.25) is 0 Å². The standard InChI is InChI=1S/C17H23N5O3/c1-14-18-13-17(22(23)24)21(14)12-9-19-7-10-20(11-8-19)15-3-5-16(25-2)6-4-15/h3-6,13H,7-12H2,1-2H3. The van der Waals surface area contributed by atoms with Crippen LogP contribution < -0.4 is 9.64 Å². The van der Waals surface area contributed by atoms with Crippen LogP contribution in [0.25, 0.3) is 0 Å². The first-order chi connectivity index (χ1) is 12.1. The number of aryl methyl sites for hydroxylation is 1. The summed E-state index contributed by atoms with van der Waals surface area (Å²) in [5, 5.41) is 11.0. The van der Waals surface area contributed by atoms with Crippen LogP contribution in [0.5, 0.6) is 5.75 Å². The van der Waals surface area contributed by atoms with Gasteiger partial charge in [-0.15, -0.1) is 0 Å². The van der Waals surface area contributed by atoms with Crippen molar-refractivity contribution in [2.75, 3.05) is 44.7 Å². The Labute approximate surface area is 146 Å². The number of piperazine rings is 1. The van der Waals surface area contributed by atoms with E-state index in [0.29, 0.717) is 12.4 Å². The van der Waals surface area contributed by atoms with E-state index in [1.165, 1.54) is 11.9 Å². The van der Waals surface area contributed by atoms with E-state index in [0.717, 1.165) is 38.5 Å². The highest BCUT2D eigenvalue weighted by Gasteiger charge is 2.21. The molecule has 0 N–H and O–H groups in total. The molecule has 1 aromatic carbocycles. The molecule has 0 bridgehead atoms. The number of anilines is 1. The molecule has 134 valence electrons. The fourth-order valence-electron chi connectivity index (χ4n) is 3.14. The highest BCUT2D eigenvalue weighted by atomic mass is 16.6. The second-order valence-corrected chi connectivity index (χ2v) is 6.10. The molecule has 0 atom stereocenters. The van der Waals surface area contributed by atoms with Crippen molar-refractivity contribution in [1.29, 1.82) is 0 Å². The number of ether oxygens (including phenoxy) is 1. The van der Waals surface area contributed by atoms with E-state index in [9.17, 15) is 10.1 Å². The van der Waals surface area contributed by atoms with Gasteiger partial charge in [0.2, 0.25) is 0 Å². The van der Waals surface area contributed by atoms with Crippen LogP contribution in [-0.4, -0.2) is 59.2 Å². The summed E-state index contributed by atoms with van der Waals surface area (Å²) in [4.78, 5) is 19.4. The summed E-state index contributed by atoms with van der Waals surface area (Å²) >= 11 is 0. The molecule has 3 rings (SSSR count). The van der Waals surface area contributed by atoms with Gasteiger partial charge in [0.15, 0.2) is 5.82 Å². The topological polar surface area (TPSA) is 76.7 Å². The zero-order chi connectivity index (χ0) is 17.8. The van der Waals surface area contributed by atoms with Gasteiger partial charge in [0.05, 0.1) is 7.11 Å². The van der Waals surface area contributed by atoms with E-state index in [2.05, 4.69) is 26.9 Å². The van der Waals surface area contributed by atoms with Gasteiger partial charge in [-0.25, -0.2) is 9.55 Å². The van der Waals surface area contributed by atoms with Gasteiger partial charge in [-0.05, 0) is 29.2 Å². The van der Waals surface area contributed by atoms with Gasteiger partial charge >= 0.3 is 5.82 Å². The van der Waals surface area contributed by atoms with Crippen molar-refractivity contribution in [2.45, 2.75) is 13.5 Å². The summed E-state index contributed by atoms with van der Waals surface area (Å²) in [5.41, 5.74) is 1.20. The van der Waals surface area contributed by atoms with E-state index in [-0.39, 0.29) is 10.7 Å². The molecular formula is C17H23N5O3. The first kappa shape index (κ1) is 17.2. The molecule has 1 saturated heterocycles. The van der Waals surface area contributed by atoms with Crippen LogP contribution in [0.4, 0.5) is 11.5 Å². The third kappa shape index (κ3) is 3.90. The third-order valence-electron chi connectivity index (χ3n) is 4.67. The van der Waals surface area contributed by atoms with Gasteiger partial charge in [-0.3, -0.25) is 4.90 Å². The van der Waals surface area contributed by atoms with Crippen molar-refractivity contribution >= 4 is 11.5 Å². The minimum absolute atomic E-state index is 0.0642. The molecule has 0 amide bonds. The number of methoxy groups -OCH3 is 1. The lowest BCUT2D eigenvalue weighted by Gasteiger charge is -2.35. The van der Waals surface area contributed by atoms with Crippen molar-refractivity contribution in [1.82, 2.24) is 14.5 Å². The van der Waals surface area contributed by atoms with Crippen molar-refractivity contribution < 1.29 is 9.66 Å². The van der Waals surface area contributed by atoms with E-state index in [4.69, 9.17) is 4.74 Å². The average Bonchev–Trinajstić information content (AvgIpc) is 3.01. The maximum atomic E-state index is 11.0. The second-order valence-electron chi connectivity index (χ2n) is 6.10. The second kappa shape index (κ2) is 7.52. The SMILES string of the molecule is COc1ccc(N2CCN(CCn3c([N+](=O)[O-])cnc3C)CC2)cc1. The number of rotatable bonds is 6. The molecular weight excluding hydrogens is 322 g/mol.